The molecule has 0 atom stereocenters. The SMILES string of the molecule is Cc1ccc(Oc2ccc(-c3ccc(Oc4ccc([N+](=O)[O-])cc4)cc3C)c(C)c2)cc1. The van der Waals surface area contributed by atoms with Crippen molar-refractivity contribution in [3.63, 3.8) is 0 Å². The number of nitro benzene ring substituents is 1. The number of rotatable bonds is 6. The van der Waals surface area contributed by atoms with Crippen molar-refractivity contribution in [3.8, 4) is 34.1 Å². The van der Waals surface area contributed by atoms with E-state index in [0.717, 1.165) is 33.8 Å². The molecule has 0 bridgehead atoms. The van der Waals surface area contributed by atoms with Gasteiger partial charge in [0.1, 0.15) is 23.0 Å². The molecule has 0 saturated heterocycles. The first-order valence-electron chi connectivity index (χ1n) is 10.3. The van der Waals surface area contributed by atoms with Crippen molar-refractivity contribution in [2.75, 3.05) is 0 Å². The summed E-state index contributed by atoms with van der Waals surface area (Å²) in [5.74, 6) is 2.84. The van der Waals surface area contributed by atoms with Crippen LogP contribution in [-0.2, 0) is 0 Å². The van der Waals surface area contributed by atoms with Crippen molar-refractivity contribution >= 4 is 5.69 Å². The van der Waals surface area contributed by atoms with E-state index in [9.17, 15) is 10.1 Å². The van der Waals surface area contributed by atoms with Crippen LogP contribution in [0.2, 0.25) is 0 Å². The van der Waals surface area contributed by atoms with E-state index in [2.05, 4.69) is 13.0 Å². The molecule has 0 heterocycles. The lowest BCUT2D eigenvalue weighted by molar-refractivity contribution is -0.384. The minimum Gasteiger partial charge on any atom is -0.457 e. The second kappa shape index (κ2) is 8.94. The number of nitro groups is 1. The van der Waals surface area contributed by atoms with E-state index in [1.807, 2.05) is 68.4 Å². The highest BCUT2D eigenvalue weighted by Crippen LogP contribution is 2.34. The molecular weight excluding hydrogens is 402 g/mol. The normalized spacial score (nSPS) is 10.6. The first-order valence-corrected chi connectivity index (χ1v) is 10.3. The zero-order valence-electron chi connectivity index (χ0n) is 18.2. The summed E-state index contributed by atoms with van der Waals surface area (Å²) in [4.78, 5) is 10.4. The molecule has 0 saturated carbocycles. The van der Waals surface area contributed by atoms with Crippen molar-refractivity contribution in [1.29, 1.82) is 0 Å². The molecule has 0 aliphatic rings. The third kappa shape index (κ3) is 4.78. The second-order valence-electron chi connectivity index (χ2n) is 7.72. The molecular formula is C27H23NO4. The maximum atomic E-state index is 10.8. The summed E-state index contributed by atoms with van der Waals surface area (Å²) in [6.45, 7) is 6.15. The Kier molecular flexibility index (Phi) is 5.90. The van der Waals surface area contributed by atoms with Gasteiger partial charge in [-0.1, -0.05) is 29.8 Å². The number of nitrogens with zero attached hydrogens (tertiary/aromatic N) is 1. The van der Waals surface area contributed by atoms with Crippen LogP contribution < -0.4 is 9.47 Å². The Hall–Kier alpha value is -4.12. The van der Waals surface area contributed by atoms with Crippen LogP contribution >= 0.6 is 0 Å². The van der Waals surface area contributed by atoms with E-state index < -0.39 is 4.92 Å². The first kappa shape index (κ1) is 21.1. The molecule has 4 aromatic rings. The summed E-state index contributed by atoms with van der Waals surface area (Å²) in [5.41, 5.74) is 5.65. The van der Waals surface area contributed by atoms with Crippen LogP contribution in [0.15, 0.2) is 84.9 Å². The zero-order chi connectivity index (χ0) is 22.7. The fourth-order valence-corrected chi connectivity index (χ4v) is 3.52. The Bertz CT molecular complexity index is 1260. The van der Waals surface area contributed by atoms with Gasteiger partial charge in [0.25, 0.3) is 5.69 Å². The molecule has 4 aromatic carbocycles. The van der Waals surface area contributed by atoms with Gasteiger partial charge in [-0.15, -0.1) is 0 Å². The summed E-state index contributed by atoms with van der Waals surface area (Å²) in [6.07, 6.45) is 0. The lowest BCUT2D eigenvalue weighted by Gasteiger charge is -2.14. The summed E-state index contributed by atoms with van der Waals surface area (Å²) in [7, 11) is 0. The predicted molar refractivity (Wildman–Crippen MR) is 126 cm³/mol. The van der Waals surface area contributed by atoms with E-state index in [0.29, 0.717) is 11.5 Å². The molecule has 160 valence electrons. The van der Waals surface area contributed by atoms with Crippen LogP contribution in [0, 0.1) is 30.9 Å². The summed E-state index contributed by atoms with van der Waals surface area (Å²) in [6, 6.07) is 26.0. The number of aryl methyl sites for hydroxylation is 3. The van der Waals surface area contributed by atoms with Gasteiger partial charge in [0.15, 0.2) is 0 Å². The smallest absolute Gasteiger partial charge is 0.269 e. The van der Waals surface area contributed by atoms with Crippen LogP contribution in [0.4, 0.5) is 5.69 Å². The van der Waals surface area contributed by atoms with Gasteiger partial charge in [-0.05, 0) is 91.6 Å². The summed E-state index contributed by atoms with van der Waals surface area (Å²) < 4.78 is 11.8. The average Bonchev–Trinajstić information content (AvgIpc) is 2.77. The minimum atomic E-state index is -0.428. The monoisotopic (exact) mass is 425 g/mol. The highest BCUT2D eigenvalue weighted by molar-refractivity contribution is 5.72. The molecule has 5 heteroatoms. The van der Waals surface area contributed by atoms with Crippen LogP contribution in [-0.4, -0.2) is 4.92 Å². The van der Waals surface area contributed by atoms with Crippen molar-refractivity contribution in [2.45, 2.75) is 20.8 Å². The molecule has 0 aliphatic heterocycles. The maximum Gasteiger partial charge on any atom is 0.269 e. The average molecular weight is 425 g/mol. The van der Waals surface area contributed by atoms with Crippen molar-refractivity contribution in [2.24, 2.45) is 0 Å². The highest BCUT2D eigenvalue weighted by Gasteiger charge is 2.10. The molecule has 32 heavy (non-hydrogen) atoms. The van der Waals surface area contributed by atoms with E-state index in [1.54, 1.807) is 12.1 Å². The number of hydrogen-bond donors (Lipinski definition) is 0. The van der Waals surface area contributed by atoms with Crippen molar-refractivity contribution in [3.05, 3.63) is 112 Å². The highest BCUT2D eigenvalue weighted by atomic mass is 16.6. The van der Waals surface area contributed by atoms with E-state index in [1.165, 1.54) is 17.7 Å². The summed E-state index contributed by atoms with van der Waals surface area (Å²) >= 11 is 0. The van der Waals surface area contributed by atoms with Gasteiger partial charge in [-0.2, -0.15) is 0 Å². The van der Waals surface area contributed by atoms with Crippen LogP contribution in [0.1, 0.15) is 16.7 Å². The number of hydrogen-bond acceptors (Lipinski definition) is 4. The van der Waals surface area contributed by atoms with E-state index >= 15 is 0 Å². The number of non-ortho nitro benzene ring substituents is 1. The quantitative estimate of drug-likeness (QED) is 0.234. The molecule has 0 radical (unpaired) electrons. The summed E-state index contributed by atoms with van der Waals surface area (Å²) in [5, 5.41) is 10.8. The van der Waals surface area contributed by atoms with Gasteiger partial charge >= 0.3 is 0 Å². The molecule has 0 spiro atoms. The number of benzene rings is 4. The Morgan fingerprint density at radius 3 is 1.41 bits per heavy atom. The molecule has 4 rings (SSSR count). The lowest BCUT2D eigenvalue weighted by Crippen LogP contribution is -1.92. The second-order valence-corrected chi connectivity index (χ2v) is 7.72. The Labute approximate surface area is 187 Å². The largest absolute Gasteiger partial charge is 0.457 e. The Morgan fingerprint density at radius 2 is 1.00 bits per heavy atom. The van der Waals surface area contributed by atoms with Crippen LogP contribution in [0.25, 0.3) is 11.1 Å². The standard InChI is InChI=1S/C27H23NO4/c1-18-4-8-22(9-5-18)31-24-12-14-26(19(2)16-24)27-15-13-25(17-20(27)3)32-23-10-6-21(7-11-23)28(29)30/h4-17H,1-3H3. The van der Waals surface area contributed by atoms with Crippen LogP contribution in [0.5, 0.6) is 23.0 Å². The molecule has 0 aromatic heterocycles. The van der Waals surface area contributed by atoms with Gasteiger partial charge in [0.2, 0.25) is 0 Å². The van der Waals surface area contributed by atoms with Crippen molar-refractivity contribution in [1.82, 2.24) is 0 Å². The fourth-order valence-electron chi connectivity index (χ4n) is 3.52. The molecule has 5 nitrogen and oxygen atoms in total. The fraction of sp³-hybridized carbons (Fsp3) is 0.111. The first-order chi connectivity index (χ1) is 15.4. The minimum absolute atomic E-state index is 0.0363. The van der Waals surface area contributed by atoms with Gasteiger partial charge in [0, 0.05) is 12.1 Å². The molecule has 0 unspecified atom stereocenters. The van der Waals surface area contributed by atoms with Gasteiger partial charge < -0.3 is 9.47 Å². The molecule has 0 amide bonds. The van der Waals surface area contributed by atoms with E-state index in [4.69, 9.17) is 9.47 Å². The third-order valence-electron chi connectivity index (χ3n) is 5.23. The van der Waals surface area contributed by atoms with Crippen molar-refractivity contribution < 1.29 is 14.4 Å². The predicted octanol–water partition coefficient (Wildman–Crippen LogP) is 7.77. The zero-order valence-corrected chi connectivity index (χ0v) is 18.2. The Balaban J connectivity index is 1.52. The molecule has 0 N–H and O–H groups in total. The third-order valence-corrected chi connectivity index (χ3v) is 5.23. The van der Waals surface area contributed by atoms with Gasteiger partial charge in [-0.25, -0.2) is 0 Å². The topological polar surface area (TPSA) is 61.6 Å². The Morgan fingerprint density at radius 1 is 0.594 bits per heavy atom. The van der Waals surface area contributed by atoms with Crippen LogP contribution in [0.3, 0.4) is 0 Å². The van der Waals surface area contributed by atoms with Gasteiger partial charge in [-0.3, -0.25) is 10.1 Å². The molecule has 0 fully saturated rings. The van der Waals surface area contributed by atoms with E-state index in [-0.39, 0.29) is 5.69 Å². The lowest BCUT2D eigenvalue weighted by atomic mass is 9.96. The maximum absolute atomic E-state index is 10.8. The number of ether oxygens (including phenoxy) is 2. The van der Waals surface area contributed by atoms with Gasteiger partial charge in [0.05, 0.1) is 4.92 Å². The molecule has 0 aliphatic carbocycles.